The van der Waals surface area contributed by atoms with Gasteiger partial charge in [0, 0.05) is 51.5 Å². The summed E-state index contributed by atoms with van der Waals surface area (Å²) < 4.78 is 8.04. The van der Waals surface area contributed by atoms with Crippen molar-refractivity contribution in [3.8, 4) is 0 Å². The summed E-state index contributed by atoms with van der Waals surface area (Å²) in [6.07, 6.45) is 6.78. The molecule has 0 aliphatic carbocycles. The van der Waals surface area contributed by atoms with E-state index in [0.29, 0.717) is 12.5 Å². The van der Waals surface area contributed by atoms with Crippen molar-refractivity contribution >= 4 is 5.96 Å². The third kappa shape index (κ3) is 6.18. The molecule has 1 unspecified atom stereocenters. The van der Waals surface area contributed by atoms with E-state index >= 15 is 0 Å². The van der Waals surface area contributed by atoms with Crippen molar-refractivity contribution in [3.05, 3.63) is 90.0 Å². The Balaban J connectivity index is 1.23. The molecule has 1 fully saturated rings. The van der Waals surface area contributed by atoms with Crippen LogP contribution < -0.4 is 5.32 Å². The molecule has 0 bridgehead atoms. The molecule has 1 N–H and O–H groups in total. The van der Waals surface area contributed by atoms with Crippen LogP contribution in [0, 0.1) is 5.92 Å². The van der Waals surface area contributed by atoms with Gasteiger partial charge in [0.2, 0.25) is 0 Å². The molecule has 31 heavy (non-hydrogen) atoms. The van der Waals surface area contributed by atoms with Crippen LogP contribution >= 0.6 is 0 Å². The Morgan fingerprint density at radius 1 is 1.13 bits per heavy atom. The Labute approximate surface area is 184 Å². The first kappa shape index (κ1) is 21.1. The van der Waals surface area contributed by atoms with Crippen LogP contribution in [0.1, 0.15) is 23.1 Å². The lowest BCUT2D eigenvalue weighted by Crippen LogP contribution is -2.39. The molecular formula is C25H31N5O. The number of nitrogens with one attached hydrogen (secondary N) is 1. The highest BCUT2D eigenvalue weighted by Crippen LogP contribution is 2.17. The van der Waals surface area contributed by atoms with E-state index in [2.05, 4.69) is 73.3 Å². The molecule has 0 spiro atoms. The van der Waals surface area contributed by atoms with Crippen molar-refractivity contribution in [1.82, 2.24) is 19.8 Å². The van der Waals surface area contributed by atoms with Crippen molar-refractivity contribution in [2.45, 2.75) is 26.1 Å². The Kier molecular flexibility index (Phi) is 7.34. The van der Waals surface area contributed by atoms with E-state index < -0.39 is 0 Å². The summed E-state index contributed by atoms with van der Waals surface area (Å²) in [5, 5.41) is 3.53. The fourth-order valence-corrected chi connectivity index (χ4v) is 4.02. The molecule has 2 aromatic carbocycles. The summed E-state index contributed by atoms with van der Waals surface area (Å²) in [6.45, 7) is 5.06. The van der Waals surface area contributed by atoms with Gasteiger partial charge in [-0.05, 0) is 23.1 Å². The molecule has 4 rings (SSSR count). The first-order chi connectivity index (χ1) is 15.3. The van der Waals surface area contributed by atoms with Gasteiger partial charge in [-0.25, -0.2) is 4.98 Å². The van der Waals surface area contributed by atoms with E-state index in [9.17, 15) is 0 Å². The number of hydrogen-bond donors (Lipinski definition) is 1. The van der Waals surface area contributed by atoms with Gasteiger partial charge < -0.3 is 19.5 Å². The highest BCUT2D eigenvalue weighted by molar-refractivity contribution is 5.80. The SMILES string of the molecule is CN=C(NCc1cccc(Cn2ccnc2)c1)N1CCC(COCc2ccccc2)C1. The Bertz CT molecular complexity index is 955. The maximum atomic E-state index is 5.96. The van der Waals surface area contributed by atoms with Gasteiger partial charge >= 0.3 is 0 Å². The number of guanidine groups is 1. The highest BCUT2D eigenvalue weighted by Gasteiger charge is 2.24. The van der Waals surface area contributed by atoms with Crippen molar-refractivity contribution < 1.29 is 4.74 Å². The Morgan fingerprint density at radius 2 is 1.97 bits per heavy atom. The van der Waals surface area contributed by atoms with E-state index in [0.717, 1.165) is 45.2 Å². The summed E-state index contributed by atoms with van der Waals surface area (Å²) in [4.78, 5) is 11.0. The third-order valence-corrected chi connectivity index (χ3v) is 5.63. The fraction of sp³-hybridized carbons (Fsp3) is 0.360. The number of aromatic nitrogens is 2. The number of rotatable bonds is 8. The maximum absolute atomic E-state index is 5.96. The normalized spacial score (nSPS) is 16.6. The molecule has 3 aromatic rings. The molecule has 6 heteroatoms. The molecule has 1 aliphatic heterocycles. The van der Waals surface area contributed by atoms with Crippen LogP contribution in [0.2, 0.25) is 0 Å². The lowest BCUT2D eigenvalue weighted by Gasteiger charge is -2.22. The van der Waals surface area contributed by atoms with Crippen LogP contribution in [0.15, 0.2) is 78.3 Å². The average molecular weight is 418 g/mol. The van der Waals surface area contributed by atoms with Crippen molar-refractivity contribution in [2.75, 3.05) is 26.7 Å². The minimum absolute atomic E-state index is 0.542. The molecule has 6 nitrogen and oxygen atoms in total. The standard InChI is InChI=1S/C25H31N5O/c1-26-25(28-15-22-8-5-9-23(14-22)16-29-13-11-27-20-29)30-12-10-24(17-30)19-31-18-21-6-3-2-4-7-21/h2-9,11,13-14,20,24H,10,12,15-19H2,1H3,(H,26,28). The van der Waals surface area contributed by atoms with Crippen molar-refractivity contribution in [2.24, 2.45) is 10.9 Å². The molecule has 1 atom stereocenters. The van der Waals surface area contributed by atoms with Gasteiger partial charge in [0.1, 0.15) is 0 Å². The molecule has 162 valence electrons. The average Bonchev–Trinajstić information content (AvgIpc) is 3.48. The van der Waals surface area contributed by atoms with Crippen molar-refractivity contribution in [1.29, 1.82) is 0 Å². The first-order valence-corrected chi connectivity index (χ1v) is 10.9. The minimum Gasteiger partial charge on any atom is -0.376 e. The van der Waals surface area contributed by atoms with E-state index in [4.69, 9.17) is 4.74 Å². The van der Waals surface area contributed by atoms with Gasteiger partial charge in [-0.2, -0.15) is 0 Å². The quantitative estimate of drug-likeness (QED) is 0.450. The van der Waals surface area contributed by atoms with Crippen LogP contribution in [0.4, 0.5) is 0 Å². The lowest BCUT2D eigenvalue weighted by molar-refractivity contribution is 0.0906. The number of nitrogens with zero attached hydrogens (tertiary/aromatic N) is 4. The zero-order valence-corrected chi connectivity index (χ0v) is 18.2. The number of imidazole rings is 1. The molecule has 0 radical (unpaired) electrons. The van der Waals surface area contributed by atoms with Gasteiger partial charge in [-0.15, -0.1) is 0 Å². The van der Waals surface area contributed by atoms with Gasteiger partial charge in [-0.3, -0.25) is 4.99 Å². The van der Waals surface area contributed by atoms with Crippen LogP contribution in [-0.4, -0.2) is 47.2 Å². The van der Waals surface area contributed by atoms with Crippen LogP contribution in [-0.2, 0) is 24.4 Å². The molecule has 2 heterocycles. The third-order valence-electron chi connectivity index (χ3n) is 5.63. The number of aliphatic imine (C=N–C) groups is 1. The maximum Gasteiger partial charge on any atom is 0.193 e. The molecule has 1 aliphatic rings. The summed E-state index contributed by atoms with van der Waals surface area (Å²) in [5.41, 5.74) is 3.75. The summed E-state index contributed by atoms with van der Waals surface area (Å²) in [6, 6.07) is 19.0. The van der Waals surface area contributed by atoms with E-state index in [1.807, 2.05) is 31.8 Å². The predicted molar refractivity (Wildman–Crippen MR) is 124 cm³/mol. The summed E-state index contributed by atoms with van der Waals surface area (Å²) in [5.74, 6) is 1.51. The van der Waals surface area contributed by atoms with Gasteiger partial charge in [0.25, 0.3) is 0 Å². The largest absolute Gasteiger partial charge is 0.376 e. The van der Waals surface area contributed by atoms with Gasteiger partial charge in [0.15, 0.2) is 5.96 Å². The summed E-state index contributed by atoms with van der Waals surface area (Å²) in [7, 11) is 1.86. The van der Waals surface area contributed by atoms with Crippen LogP contribution in [0.3, 0.4) is 0 Å². The zero-order chi connectivity index (χ0) is 21.3. The summed E-state index contributed by atoms with van der Waals surface area (Å²) >= 11 is 0. The topological polar surface area (TPSA) is 54.7 Å². The zero-order valence-electron chi connectivity index (χ0n) is 18.2. The number of likely N-dealkylation sites (tertiary alicyclic amines) is 1. The number of hydrogen-bond acceptors (Lipinski definition) is 3. The molecule has 1 aromatic heterocycles. The first-order valence-electron chi connectivity index (χ1n) is 10.9. The number of benzene rings is 2. The second kappa shape index (κ2) is 10.8. The number of ether oxygens (including phenoxy) is 1. The smallest absolute Gasteiger partial charge is 0.193 e. The molecule has 0 amide bonds. The fourth-order valence-electron chi connectivity index (χ4n) is 4.02. The van der Waals surface area contributed by atoms with E-state index in [1.165, 1.54) is 16.7 Å². The highest BCUT2D eigenvalue weighted by atomic mass is 16.5. The van der Waals surface area contributed by atoms with Gasteiger partial charge in [-0.1, -0.05) is 54.6 Å². The molecular weight excluding hydrogens is 386 g/mol. The second-order valence-corrected chi connectivity index (χ2v) is 8.06. The molecule has 0 saturated carbocycles. The minimum atomic E-state index is 0.542. The molecule has 1 saturated heterocycles. The van der Waals surface area contributed by atoms with Crippen LogP contribution in [0.5, 0.6) is 0 Å². The monoisotopic (exact) mass is 417 g/mol. The van der Waals surface area contributed by atoms with Gasteiger partial charge in [0.05, 0.1) is 19.5 Å². The lowest BCUT2D eigenvalue weighted by atomic mass is 10.1. The second-order valence-electron chi connectivity index (χ2n) is 8.06. The Morgan fingerprint density at radius 3 is 2.77 bits per heavy atom. The van der Waals surface area contributed by atoms with Crippen LogP contribution in [0.25, 0.3) is 0 Å². The Hall–Kier alpha value is -3.12. The van der Waals surface area contributed by atoms with E-state index in [1.54, 1.807) is 0 Å². The predicted octanol–water partition coefficient (Wildman–Crippen LogP) is 3.55. The van der Waals surface area contributed by atoms with E-state index in [-0.39, 0.29) is 0 Å². The van der Waals surface area contributed by atoms with Crippen molar-refractivity contribution in [3.63, 3.8) is 0 Å².